The summed E-state index contributed by atoms with van der Waals surface area (Å²) in [5, 5.41) is 0. The summed E-state index contributed by atoms with van der Waals surface area (Å²) < 4.78 is 87.2. The molecule has 0 saturated heterocycles. The van der Waals surface area contributed by atoms with Gasteiger partial charge in [-0.25, -0.2) is 9.18 Å². The average Bonchev–Trinajstić information content (AvgIpc) is 2.09. The van der Waals surface area contributed by atoms with Gasteiger partial charge in [-0.15, -0.1) is 0 Å². The van der Waals surface area contributed by atoms with Crippen molar-refractivity contribution in [2.75, 3.05) is 6.61 Å². The van der Waals surface area contributed by atoms with Gasteiger partial charge in [-0.05, 0) is 0 Å². The highest BCUT2D eigenvalue weighted by atomic mass is 19.4. The molecule has 0 aromatic carbocycles. The van der Waals surface area contributed by atoms with Crippen molar-refractivity contribution in [3.05, 3.63) is 12.7 Å². The van der Waals surface area contributed by atoms with E-state index < -0.39 is 30.6 Å². The third-order valence-corrected chi connectivity index (χ3v) is 1.48. The van der Waals surface area contributed by atoms with Gasteiger partial charge in [-0.2, -0.15) is 26.3 Å². The molecule has 0 spiro atoms. The molecule has 0 saturated carbocycles. The van der Waals surface area contributed by atoms with Crippen LogP contribution < -0.4 is 0 Å². The van der Waals surface area contributed by atoms with Crippen molar-refractivity contribution >= 4 is 5.97 Å². The largest absolute Gasteiger partial charge is 0.458 e. The van der Waals surface area contributed by atoms with Crippen LogP contribution in [0, 0.1) is 0 Å². The molecule has 0 aromatic rings. The molecule has 16 heavy (non-hydrogen) atoms. The van der Waals surface area contributed by atoms with E-state index in [1.54, 1.807) is 0 Å². The standard InChI is InChI=1S/C7H5F7O2/c1-2-4(15)16-3-5(8,6(9,10)11)7(12,13)14/h2H,1,3H2. The van der Waals surface area contributed by atoms with Gasteiger partial charge in [-0.3, -0.25) is 0 Å². The molecule has 0 unspecified atom stereocenters. The summed E-state index contributed by atoms with van der Waals surface area (Å²) in [6.45, 7) is 0.231. The first kappa shape index (κ1) is 14.7. The SMILES string of the molecule is C=CC(=O)OCC(F)(C(F)(F)F)C(F)(F)F. The van der Waals surface area contributed by atoms with Crippen LogP contribution in [-0.4, -0.2) is 30.6 Å². The highest BCUT2D eigenvalue weighted by Gasteiger charge is 2.73. The average molecular weight is 254 g/mol. The Morgan fingerprint density at radius 3 is 1.69 bits per heavy atom. The molecule has 0 fully saturated rings. The molecule has 0 heterocycles. The Morgan fingerprint density at radius 2 is 1.44 bits per heavy atom. The lowest BCUT2D eigenvalue weighted by Crippen LogP contribution is -2.56. The lowest BCUT2D eigenvalue weighted by atomic mass is 10.1. The fourth-order valence-corrected chi connectivity index (χ4v) is 0.554. The van der Waals surface area contributed by atoms with Crippen LogP contribution in [-0.2, 0) is 9.53 Å². The predicted molar refractivity (Wildman–Crippen MR) is 37.1 cm³/mol. The zero-order chi connectivity index (χ0) is 13.2. The number of rotatable bonds is 3. The monoisotopic (exact) mass is 254 g/mol. The maximum absolute atomic E-state index is 12.7. The Morgan fingerprint density at radius 1 is 1.06 bits per heavy atom. The molecule has 0 aromatic heterocycles. The van der Waals surface area contributed by atoms with Crippen molar-refractivity contribution in [3.8, 4) is 0 Å². The third-order valence-electron chi connectivity index (χ3n) is 1.48. The Hall–Kier alpha value is -1.28. The molecule has 9 heteroatoms. The molecule has 0 aliphatic carbocycles. The van der Waals surface area contributed by atoms with Gasteiger partial charge in [0.15, 0.2) is 0 Å². The summed E-state index contributed by atoms with van der Waals surface area (Å²) in [6, 6.07) is 0. The van der Waals surface area contributed by atoms with Crippen molar-refractivity contribution in [2.45, 2.75) is 18.0 Å². The van der Waals surface area contributed by atoms with Crippen molar-refractivity contribution in [1.29, 1.82) is 0 Å². The van der Waals surface area contributed by atoms with Crippen molar-refractivity contribution in [1.82, 2.24) is 0 Å². The summed E-state index contributed by atoms with van der Waals surface area (Å²) in [6.07, 6.45) is -12.1. The van der Waals surface area contributed by atoms with Crippen molar-refractivity contribution in [3.63, 3.8) is 0 Å². The molecule has 2 nitrogen and oxygen atoms in total. The molecular formula is C7H5F7O2. The molecule has 0 amide bonds. The second-order valence-corrected chi connectivity index (χ2v) is 2.61. The molecule has 0 N–H and O–H groups in total. The van der Waals surface area contributed by atoms with Crippen LogP contribution in [0.25, 0.3) is 0 Å². The van der Waals surface area contributed by atoms with Gasteiger partial charge in [-0.1, -0.05) is 6.58 Å². The minimum atomic E-state index is -6.23. The van der Waals surface area contributed by atoms with Crippen LogP contribution in [0.5, 0.6) is 0 Å². The second kappa shape index (κ2) is 4.30. The lowest BCUT2D eigenvalue weighted by molar-refractivity contribution is -0.349. The zero-order valence-electron chi connectivity index (χ0n) is 7.45. The van der Waals surface area contributed by atoms with Crippen LogP contribution in [0.4, 0.5) is 30.7 Å². The highest BCUT2D eigenvalue weighted by molar-refractivity contribution is 5.81. The topological polar surface area (TPSA) is 26.3 Å². The van der Waals surface area contributed by atoms with E-state index in [9.17, 15) is 35.5 Å². The van der Waals surface area contributed by atoms with Gasteiger partial charge in [0.25, 0.3) is 0 Å². The molecule has 0 aliphatic rings. The van der Waals surface area contributed by atoms with E-state index in [1.807, 2.05) is 0 Å². The Kier molecular flexibility index (Phi) is 3.96. The first-order valence-corrected chi connectivity index (χ1v) is 3.57. The highest BCUT2D eigenvalue weighted by Crippen LogP contribution is 2.46. The van der Waals surface area contributed by atoms with Gasteiger partial charge in [0.05, 0.1) is 0 Å². The Labute approximate surface area is 84.7 Å². The summed E-state index contributed by atoms with van der Waals surface area (Å²) in [5.41, 5.74) is -5.58. The van der Waals surface area contributed by atoms with E-state index in [2.05, 4.69) is 11.3 Å². The first-order valence-electron chi connectivity index (χ1n) is 3.57. The number of halogens is 7. The zero-order valence-corrected chi connectivity index (χ0v) is 7.45. The minimum absolute atomic E-state index is 0.313. The van der Waals surface area contributed by atoms with Gasteiger partial charge >= 0.3 is 24.0 Å². The number of ether oxygens (including phenoxy) is 1. The van der Waals surface area contributed by atoms with E-state index in [-0.39, 0.29) is 0 Å². The normalized spacial score (nSPS) is 13.4. The number of hydrogen-bond donors (Lipinski definition) is 0. The number of esters is 1. The number of carbonyl (C=O) groups excluding carboxylic acids is 1. The van der Waals surface area contributed by atoms with Crippen LogP contribution in [0.3, 0.4) is 0 Å². The number of hydrogen-bond acceptors (Lipinski definition) is 2. The first-order chi connectivity index (χ1) is 6.95. The summed E-state index contributed by atoms with van der Waals surface area (Å²) in [5.74, 6) is -1.59. The number of alkyl halides is 7. The smallest absolute Gasteiger partial charge is 0.435 e. The fourth-order valence-electron chi connectivity index (χ4n) is 0.554. The second-order valence-electron chi connectivity index (χ2n) is 2.61. The molecule has 94 valence electrons. The summed E-state index contributed by atoms with van der Waals surface area (Å²) >= 11 is 0. The van der Waals surface area contributed by atoms with E-state index in [4.69, 9.17) is 0 Å². The summed E-state index contributed by atoms with van der Waals surface area (Å²) in [4.78, 5) is 10.3. The van der Waals surface area contributed by atoms with Gasteiger partial charge < -0.3 is 4.74 Å². The third kappa shape index (κ3) is 2.86. The van der Waals surface area contributed by atoms with Crippen LogP contribution in [0.15, 0.2) is 12.7 Å². The maximum atomic E-state index is 12.7. The number of carbonyl (C=O) groups is 1. The molecule has 0 radical (unpaired) electrons. The molecule has 0 atom stereocenters. The predicted octanol–water partition coefficient (Wildman–Crippen LogP) is 2.55. The molecular weight excluding hydrogens is 249 g/mol. The maximum Gasteiger partial charge on any atom is 0.435 e. The van der Waals surface area contributed by atoms with E-state index in [0.717, 1.165) is 0 Å². The van der Waals surface area contributed by atoms with Gasteiger partial charge in [0.1, 0.15) is 6.61 Å². The molecule has 0 rings (SSSR count). The Balaban J connectivity index is 4.98. The van der Waals surface area contributed by atoms with Crippen LogP contribution in [0.1, 0.15) is 0 Å². The van der Waals surface area contributed by atoms with E-state index >= 15 is 0 Å². The van der Waals surface area contributed by atoms with Gasteiger partial charge in [0, 0.05) is 6.08 Å². The van der Waals surface area contributed by atoms with Crippen molar-refractivity contribution < 1.29 is 40.3 Å². The fraction of sp³-hybridized carbons (Fsp3) is 0.571. The van der Waals surface area contributed by atoms with Crippen molar-refractivity contribution in [2.24, 2.45) is 0 Å². The van der Waals surface area contributed by atoms with Crippen LogP contribution in [0.2, 0.25) is 0 Å². The minimum Gasteiger partial charge on any atom is -0.458 e. The quantitative estimate of drug-likeness (QED) is 0.439. The lowest BCUT2D eigenvalue weighted by Gasteiger charge is -2.28. The van der Waals surface area contributed by atoms with E-state index in [0.29, 0.717) is 6.08 Å². The van der Waals surface area contributed by atoms with Gasteiger partial charge in [0.2, 0.25) is 0 Å². The Bertz CT molecular complexity index is 263. The molecule has 0 aliphatic heterocycles. The molecule has 0 bridgehead atoms. The van der Waals surface area contributed by atoms with E-state index in [1.165, 1.54) is 0 Å². The van der Waals surface area contributed by atoms with Crippen LogP contribution >= 0.6 is 0 Å². The summed E-state index contributed by atoms with van der Waals surface area (Å²) in [7, 11) is 0.